The van der Waals surface area contributed by atoms with Crippen molar-refractivity contribution >= 4 is 5.69 Å². The molecule has 0 amide bonds. The molecule has 0 aromatic heterocycles. The van der Waals surface area contributed by atoms with Crippen LogP contribution in [0.5, 0.6) is 5.75 Å². The Kier molecular flexibility index (Phi) is 3.45. The first-order chi connectivity index (χ1) is 8.04. The molecule has 0 heterocycles. The van der Waals surface area contributed by atoms with Gasteiger partial charge in [0, 0.05) is 6.04 Å². The monoisotopic (exact) mass is 245 g/mol. The van der Waals surface area contributed by atoms with E-state index in [1.54, 1.807) is 12.1 Å². The lowest BCUT2D eigenvalue weighted by molar-refractivity contribution is -0.274. The van der Waals surface area contributed by atoms with E-state index >= 15 is 0 Å². The van der Waals surface area contributed by atoms with Crippen LogP contribution in [0.3, 0.4) is 0 Å². The molecule has 2 nitrogen and oxygen atoms in total. The third kappa shape index (κ3) is 3.54. The van der Waals surface area contributed by atoms with Crippen molar-refractivity contribution in [1.29, 1.82) is 0 Å². The Balaban J connectivity index is 2.09. The molecule has 0 bridgehead atoms. The quantitative estimate of drug-likeness (QED) is 0.870. The van der Waals surface area contributed by atoms with Gasteiger partial charge >= 0.3 is 6.36 Å². The highest BCUT2D eigenvalue weighted by atomic mass is 19.4. The van der Waals surface area contributed by atoms with Crippen LogP contribution >= 0.6 is 0 Å². The van der Waals surface area contributed by atoms with Crippen molar-refractivity contribution in [3.8, 4) is 5.75 Å². The maximum atomic E-state index is 12.2. The Morgan fingerprint density at radius 1 is 1.12 bits per heavy atom. The minimum atomic E-state index is -4.65. The van der Waals surface area contributed by atoms with Crippen LogP contribution in [0.2, 0.25) is 0 Å². The first-order valence-electron chi connectivity index (χ1n) is 5.66. The Labute approximate surface area is 97.8 Å². The Morgan fingerprint density at radius 2 is 1.76 bits per heavy atom. The Bertz CT molecular complexity index is 372. The van der Waals surface area contributed by atoms with Gasteiger partial charge in [-0.1, -0.05) is 25.0 Å². The van der Waals surface area contributed by atoms with Crippen LogP contribution in [0.1, 0.15) is 25.7 Å². The van der Waals surface area contributed by atoms with Crippen LogP contribution in [-0.2, 0) is 0 Å². The second-order valence-corrected chi connectivity index (χ2v) is 4.17. The van der Waals surface area contributed by atoms with E-state index in [1.165, 1.54) is 12.1 Å². The molecule has 5 heteroatoms. The highest BCUT2D eigenvalue weighted by molar-refractivity contribution is 5.56. The van der Waals surface area contributed by atoms with Gasteiger partial charge < -0.3 is 10.1 Å². The number of hydrogen-bond donors (Lipinski definition) is 1. The van der Waals surface area contributed by atoms with E-state index in [0.29, 0.717) is 5.69 Å². The van der Waals surface area contributed by atoms with Crippen molar-refractivity contribution < 1.29 is 17.9 Å². The summed E-state index contributed by atoms with van der Waals surface area (Å²) >= 11 is 0. The molecule has 1 aliphatic carbocycles. The van der Waals surface area contributed by atoms with Crippen LogP contribution in [0, 0.1) is 0 Å². The third-order valence-electron chi connectivity index (χ3n) is 2.83. The van der Waals surface area contributed by atoms with Crippen molar-refractivity contribution in [2.24, 2.45) is 0 Å². The summed E-state index contributed by atoms with van der Waals surface area (Å²) in [6.07, 6.45) is -0.395. The molecule has 0 aliphatic heterocycles. The minimum Gasteiger partial charge on any atom is -0.404 e. The van der Waals surface area contributed by atoms with Crippen LogP contribution in [0.15, 0.2) is 24.3 Å². The van der Waals surface area contributed by atoms with Crippen LogP contribution in [0.25, 0.3) is 0 Å². The smallest absolute Gasteiger partial charge is 0.404 e. The third-order valence-corrected chi connectivity index (χ3v) is 2.83. The van der Waals surface area contributed by atoms with Gasteiger partial charge in [-0.15, -0.1) is 13.2 Å². The highest BCUT2D eigenvalue weighted by Gasteiger charge is 2.32. The van der Waals surface area contributed by atoms with Gasteiger partial charge in [-0.05, 0) is 25.0 Å². The van der Waals surface area contributed by atoms with Gasteiger partial charge in [0.2, 0.25) is 0 Å². The molecule has 0 radical (unpaired) electrons. The fourth-order valence-corrected chi connectivity index (χ4v) is 2.09. The number of hydrogen-bond acceptors (Lipinski definition) is 2. The van der Waals surface area contributed by atoms with Crippen molar-refractivity contribution in [3.05, 3.63) is 24.3 Å². The summed E-state index contributed by atoms with van der Waals surface area (Å²) in [4.78, 5) is 0. The summed E-state index contributed by atoms with van der Waals surface area (Å²) in [7, 11) is 0. The largest absolute Gasteiger partial charge is 0.573 e. The molecular formula is C12H14F3NO. The van der Waals surface area contributed by atoms with E-state index in [2.05, 4.69) is 10.1 Å². The maximum Gasteiger partial charge on any atom is 0.573 e. The van der Waals surface area contributed by atoms with Gasteiger partial charge in [0.15, 0.2) is 5.75 Å². The molecule has 0 spiro atoms. The fraction of sp³-hybridized carbons (Fsp3) is 0.500. The fourth-order valence-electron chi connectivity index (χ4n) is 2.09. The van der Waals surface area contributed by atoms with Crippen molar-refractivity contribution in [2.75, 3.05) is 5.32 Å². The van der Waals surface area contributed by atoms with Crippen LogP contribution in [-0.4, -0.2) is 12.4 Å². The first-order valence-corrected chi connectivity index (χ1v) is 5.66. The van der Waals surface area contributed by atoms with Gasteiger partial charge in [0.25, 0.3) is 0 Å². The number of ether oxygens (including phenoxy) is 1. The number of alkyl halides is 3. The first kappa shape index (κ1) is 12.1. The topological polar surface area (TPSA) is 21.3 Å². The molecule has 2 rings (SSSR count). The van der Waals surface area contributed by atoms with Gasteiger partial charge in [-0.3, -0.25) is 0 Å². The Morgan fingerprint density at radius 3 is 2.41 bits per heavy atom. The molecular weight excluding hydrogens is 231 g/mol. The molecule has 0 unspecified atom stereocenters. The van der Waals surface area contributed by atoms with Gasteiger partial charge in [0.05, 0.1) is 5.69 Å². The zero-order valence-electron chi connectivity index (χ0n) is 9.26. The molecule has 1 aliphatic rings. The average Bonchev–Trinajstić information content (AvgIpc) is 2.71. The number of benzene rings is 1. The second-order valence-electron chi connectivity index (χ2n) is 4.17. The second kappa shape index (κ2) is 4.85. The lowest BCUT2D eigenvalue weighted by Crippen LogP contribution is -2.20. The number of rotatable bonds is 3. The van der Waals surface area contributed by atoms with Crippen LogP contribution < -0.4 is 10.1 Å². The van der Waals surface area contributed by atoms with E-state index in [4.69, 9.17) is 0 Å². The van der Waals surface area contributed by atoms with Crippen molar-refractivity contribution in [3.63, 3.8) is 0 Å². The molecule has 0 saturated heterocycles. The summed E-state index contributed by atoms with van der Waals surface area (Å²) < 4.78 is 40.5. The zero-order valence-corrected chi connectivity index (χ0v) is 9.26. The maximum absolute atomic E-state index is 12.2. The lowest BCUT2D eigenvalue weighted by atomic mass is 10.2. The molecule has 0 atom stereocenters. The number of halogens is 3. The molecule has 1 fully saturated rings. The van der Waals surface area contributed by atoms with E-state index in [-0.39, 0.29) is 11.8 Å². The summed E-state index contributed by atoms with van der Waals surface area (Å²) in [6, 6.07) is 6.42. The van der Waals surface area contributed by atoms with Gasteiger partial charge in [-0.25, -0.2) is 0 Å². The van der Waals surface area contributed by atoms with Crippen molar-refractivity contribution in [1.82, 2.24) is 0 Å². The van der Waals surface area contributed by atoms with E-state index < -0.39 is 6.36 Å². The van der Waals surface area contributed by atoms with Crippen LogP contribution in [0.4, 0.5) is 18.9 Å². The molecule has 17 heavy (non-hydrogen) atoms. The minimum absolute atomic E-state index is 0.160. The molecule has 1 N–H and O–H groups in total. The van der Waals surface area contributed by atoms with Gasteiger partial charge in [-0.2, -0.15) is 0 Å². The summed E-state index contributed by atoms with van der Waals surface area (Å²) in [5, 5.41) is 3.11. The van der Waals surface area contributed by atoms with E-state index in [1.807, 2.05) is 0 Å². The van der Waals surface area contributed by atoms with Gasteiger partial charge in [0.1, 0.15) is 0 Å². The normalized spacial score (nSPS) is 17.1. The van der Waals surface area contributed by atoms with Crippen molar-refractivity contribution in [2.45, 2.75) is 38.1 Å². The highest BCUT2D eigenvalue weighted by Crippen LogP contribution is 2.32. The van der Waals surface area contributed by atoms with E-state index in [9.17, 15) is 13.2 Å². The summed E-state index contributed by atoms with van der Waals surface area (Å²) in [5.41, 5.74) is 0.414. The Hall–Kier alpha value is -1.39. The molecule has 1 aromatic rings. The summed E-state index contributed by atoms with van der Waals surface area (Å²) in [5.74, 6) is -0.160. The predicted molar refractivity (Wildman–Crippen MR) is 59.0 cm³/mol. The summed E-state index contributed by atoms with van der Waals surface area (Å²) in [6.45, 7) is 0. The average molecular weight is 245 g/mol. The SMILES string of the molecule is FC(F)(F)Oc1ccccc1NC1CCCC1. The predicted octanol–water partition coefficient (Wildman–Crippen LogP) is 3.94. The number of nitrogens with one attached hydrogen (secondary N) is 1. The lowest BCUT2D eigenvalue weighted by Gasteiger charge is -2.18. The van der Waals surface area contributed by atoms with E-state index in [0.717, 1.165) is 25.7 Å². The number of para-hydroxylation sites is 2. The standard InChI is InChI=1S/C12H14F3NO/c13-12(14,15)17-11-8-4-3-7-10(11)16-9-5-1-2-6-9/h3-4,7-9,16H,1-2,5-6H2. The zero-order chi connectivity index (χ0) is 12.3. The molecule has 1 saturated carbocycles. The molecule has 94 valence electrons. The number of anilines is 1. The molecule has 1 aromatic carbocycles.